The summed E-state index contributed by atoms with van der Waals surface area (Å²) in [7, 11) is 0. The lowest BCUT2D eigenvalue weighted by Gasteiger charge is -2.24. The van der Waals surface area contributed by atoms with Crippen LogP contribution in [0, 0.1) is 5.82 Å². The van der Waals surface area contributed by atoms with Gasteiger partial charge in [0.2, 0.25) is 0 Å². The van der Waals surface area contributed by atoms with Crippen LogP contribution in [-0.4, -0.2) is 5.78 Å². The van der Waals surface area contributed by atoms with Crippen molar-refractivity contribution in [3.05, 3.63) is 69.4 Å². The maximum Gasteiger partial charge on any atom is 0.170 e. The minimum absolute atomic E-state index is 0.0172. The van der Waals surface area contributed by atoms with Crippen molar-refractivity contribution in [2.45, 2.75) is 25.2 Å². The molecule has 20 heavy (non-hydrogen) atoms. The van der Waals surface area contributed by atoms with Crippen molar-refractivity contribution >= 4 is 21.7 Å². The number of Topliss-reactive ketones (excluding diaryl/α,β-unsaturated/α-hetero) is 1. The average Bonchev–Trinajstić information content (AvgIpc) is 2.49. The monoisotopic (exact) mass is 332 g/mol. The molecule has 0 aliphatic heterocycles. The molecular weight excluding hydrogens is 319 g/mol. The highest BCUT2D eigenvalue weighted by molar-refractivity contribution is 9.10. The topological polar surface area (TPSA) is 17.1 Å². The number of hydrogen-bond donors (Lipinski definition) is 0. The standard InChI is InChI=1S/C17H14BrFO/c18-15-9-8-12(10-16(15)19)17(20)14-7-3-5-11-4-1-2-6-13(11)14/h1-2,4,6,8-10,14H,3,5,7H2. The third-order valence-corrected chi connectivity index (χ3v) is 4.53. The molecule has 1 aliphatic rings. The first-order valence-corrected chi connectivity index (χ1v) is 7.53. The summed E-state index contributed by atoms with van der Waals surface area (Å²) >= 11 is 3.11. The Kier molecular flexibility index (Phi) is 3.70. The quantitative estimate of drug-likeness (QED) is 0.715. The average molecular weight is 333 g/mol. The van der Waals surface area contributed by atoms with E-state index in [1.165, 1.54) is 11.6 Å². The molecule has 0 bridgehead atoms. The van der Waals surface area contributed by atoms with Crippen LogP contribution in [0.15, 0.2) is 46.9 Å². The molecule has 0 saturated heterocycles. The Hall–Kier alpha value is -1.48. The van der Waals surface area contributed by atoms with Crippen molar-refractivity contribution in [1.82, 2.24) is 0 Å². The van der Waals surface area contributed by atoms with Gasteiger partial charge in [-0.2, -0.15) is 0 Å². The molecule has 1 unspecified atom stereocenters. The Bertz CT molecular complexity index is 666. The highest BCUT2D eigenvalue weighted by Gasteiger charge is 2.27. The molecule has 2 aromatic rings. The van der Waals surface area contributed by atoms with E-state index in [9.17, 15) is 9.18 Å². The molecule has 0 spiro atoms. The van der Waals surface area contributed by atoms with Crippen LogP contribution in [0.1, 0.15) is 40.2 Å². The van der Waals surface area contributed by atoms with E-state index < -0.39 is 0 Å². The molecule has 1 nitrogen and oxygen atoms in total. The molecule has 1 aliphatic carbocycles. The van der Waals surface area contributed by atoms with Gasteiger partial charge in [-0.1, -0.05) is 30.3 Å². The number of ketones is 1. The molecule has 0 aromatic heterocycles. The summed E-state index contributed by atoms with van der Waals surface area (Å²) in [4.78, 5) is 12.6. The molecule has 0 amide bonds. The third-order valence-electron chi connectivity index (χ3n) is 3.89. The van der Waals surface area contributed by atoms with E-state index in [2.05, 4.69) is 22.0 Å². The predicted molar refractivity (Wildman–Crippen MR) is 80.6 cm³/mol. The minimum atomic E-state index is -0.389. The van der Waals surface area contributed by atoms with Gasteiger partial charge >= 0.3 is 0 Å². The summed E-state index contributed by atoms with van der Waals surface area (Å²) in [6.07, 6.45) is 2.87. The zero-order valence-corrected chi connectivity index (χ0v) is 12.5. The second-order valence-electron chi connectivity index (χ2n) is 5.14. The molecule has 2 aromatic carbocycles. The van der Waals surface area contributed by atoms with E-state index in [0.29, 0.717) is 10.0 Å². The highest BCUT2D eigenvalue weighted by atomic mass is 79.9. The number of hydrogen-bond acceptors (Lipinski definition) is 1. The van der Waals surface area contributed by atoms with Crippen LogP contribution in [0.3, 0.4) is 0 Å². The number of carbonyl (C=O) groups is 1. The van der Waals surface area contributed by atoms with Crippen molar-refractivity contribution in [3.8, 4) is 0 Å². The zero-order valence-electron chi connectivity index (χ0n) is 10.9. The van der Waals surface area contributed by atoms with Crippen LogP contribution in [0.25, 0.3) is 0 Å². The number of rotatable bonds is 2. The zero-order chi connectivity index (χ0) is 14.1. The van der Waals surface area contributed by atoms with Gasteiger partial charge in [-0.25, -0.2) is 4.39 Å². The van der Waals surface area contributed by atoms with Crippen LogP contribution in [0.2, 0.25) is 0 Å². The molecule has 0 saturated carbocycles. The van der Waals surface area contributed by atoms with Gasteiger partial charge in [0.25, 0.3) is 0 Å². The third kappa shape index (κ3) is 2.42. The summed E-state index contributed by atoms with van der Waals surface area (Å²) < 4.78 is 14.0. The van der Waals surface area contributed by atoms with Crippen molar-refractivity contribution in [3.63, 3.8) is 0 Å². The fourth-order valence-electron chi connectivity index (χ4n) is 2.88. The van der Waals surface area contributed by atoms with E-state index in [1.807, 2.05) is 18.2 Å². The van der Waals surface area contributed by atoms with Crippen LogP contribution < -0.4 is 0 Å². The maximum atomic E-state index is 13.6. The minimum Gasteiger partial charge on any atom is -0.293 e. The van der Waals surface area contributed by atoms with E-state index in [0.717, 1.165) is 24.8 Å². The van der Waals surface area contributed by atoms with Gasteiger partial charge in [0, 0.05) is 11.5 Å². The molecular formula is C17H14BrFO. The summed E-state index contributed by atoms with van der Waals surface area (Å²) in [5.41, 5.74) is 2.80. The van der Waals surface area contributed by atoms with Crippen LogP contribution in [0.5, 0.6) is 0 Å². The van der Waals surface area contributed by atoms with Gasteiger partial charge in [-0.15, -0.1) is 0 Å². The first kappa shape index (κ1) is 13.5. The van der Waals surface area contributed by atoms with Crippen molar-refractivity contribution < 1.29 is 9.18 Å². The molecule has 0 N–H and O–H groups in total. The van der Waals surface area contributed by atoms with Crippen molar-refractivity contribution in [2.75, 3.05) is 0 Å². The molecule has 0 fully saturated rings. The highest BCUT2D eigenvalue weighted by Crippen LogP contribution is 2.34. The van der Waals surface area contributed by atoms with Gasteiger partial charge in [-0.05, 0) is 58.5 Å². The summed E-state index contributed by atoms with van der Waals surface area (Å²) in [5.74, 6) is -0.510. The number of benzene rings is 2. The molecule has 1 atom stereocenters. The Balaban J connectivity index is 1.97. The Labute approximate surface area is 126 Å². The Morgan fingerprint density at radius 1 is 1.20 bits per heavy atom. The first-order valence-electron chi connectivity index (χ1n) is 6.74. The Morgan fingerprint density at radius 2 is 2.00 bits per heavy atom. The smallest absolute Gasteiger partial charge is 0.170 e. The van der Waals surface area contributed by atoms with E-state index in [1.54, 1.807) is 12.1 Å². The van der Waals surface area contributed by atoms with Gasteiger partial charge in [0.15, 0.2) is 5.78 Å². The molecule has 3 heteroatoms. The lowest BCUT2D eigenvalue weighted by atomic mass is 9.79. The molecule has 3 rings (SSSR count). The lowest BCUT2D eigenvalue weighted by molar-refractivity contribution is 0.0950. The Morgan fingerprint density at radius 3 is 2.80 bits per heavy atom. The number of aryl methyl sites for hydroxylation is 1. The molecule has 102 valence electrons. The number of halogens is 2. The van der Waals surface area contributed by atoms with Crippen LogP contribution in [0.4, 0.5) is 4.39 Å². The van der Waals surface area contributed by atoms with Gasteiger partial charge in [-0.3, -0.25) is 4.79 Å². The summed E-state index contributed by atoms with van der Waals surface area (Å²) in [5, 5.41) is 0. The predicted octanol–water partition coefficient (Wildman–Crippen LogP) is 4.89. The van der Waals surface area contributed by atoms with Crippen LogP contribution >= 0.6 is 15.9 Å². The first-order chi connectivity index (χ1) is 9.66. The summed E-state index contributed by atoms with van der Waals surface area (Å²) in [6.45, 7) is 0. The number of fused-ring (bicyclic) bond motifs is 1. The van der Waals surface area contributed by atoms with Crippen LogP contribution in [-0.2, 0) is 6.42 Å². The molecule has 0 heterocycles. The molecule has 0 radical (unpaired) electrons. The normalized spacial score (nSPS) is 17.6. The fraction of sp³-hybridized carbons (Fsp3) is 0.235. The van der Waals surface area contributed by atoms with E-state index in [4.69, 9.17) is 0 Å². The lowest BCUT2D eigenvalue weighted by Crippen LogP contribution is -2.18. The van der Waals surface area contributed by atoms with Crippen molar-refractivity contribution in [2.24, 2.45) is 0 Å². The maximum absolute atomic E-state index is 13.6. The van der Waals surface area contributed by atoms with Crippen molar-refractivity contribution in [1.29, 1.82) is 0 Å². The van der Waals surface area contributed by atoms with E-state index >= 15 is 0 Å². The fourth-order valence-corrected chi connectivity index (χ4v) is 3.12. The van der Waals surface area contributed by atoms with Gasteiger partial charge < -0.3 is 0 Å². The van der Waals surface area contributed by atoms with Gasteiger partial charge in [0.05, 0.1) is 4.47 Å². The van der Waals surface area contributed by atoms with E-state index in [-0.39, 0.29) is 17.5 Å². The SMILES string of the molecule is O=C(c1ccc(Br)c(F)c1)C1CCCc2ccccc21. The summed E-state index contributed by atoms with van der Waals surface area (Å²) in [6, 6.07) is 12.7. The second-order valence-corrected chi connectivity index (χ2v) is 5.99. The van der Waals surface area contributed by atoms with Gasteiger partial charge in [0.1, 0.15) is 5.82 Å². The second kappa shape index (κ2) is 5.49. The largest absolute Gasteiger partial charge is 0.293 e. The number of carbonyl (C=O) groups excluding carboxylic acids is 1.